The number of aromatic nitrogens is 3. The number of halogens is 3. The van der Waals surface area contributed by atoms with Gasteiger partial charge in [0, 0.05) is 12.6 Å². The van der Waals surface area contributed by atoms with E-state index in [1.807, 2.05) is 13.0 Å². The number of hydrogen-bond acceptors (Lipinski definition) is 6. The Balaban J connectivity index is 1.83. The molecule has 0 fully saturated rings. The second kappa shape index (κ2) is 5.88. The highest BCUT2D eigenvalue weighted by molar-refractivity contribution is 7.99. The highest BCUT2D eigenvalue weighted by Crippen LogP contribution is 2.36. The summed E-state index contributed by atoms with van der Waals surface area (Å²) in [5, 5.41) is 3.01. The van der Waals surface area contributed by atoms with Crippen molar-refractivity contribution in [1.82, 2.24) is 15.0 Å². The van der Waals surface area contributed by atoms with Gasteiger partial charge in [0.05, 0.1) is 22.8 Å². The Labute approximate surface area is 134 Å². The van der Waals surface area contributed by atoms with Crippen molar-refractivity contribution in [3.63, 3.8) is 0 Å². The predicted octanol–water partition coefficient (Wildman–Crippen LogP) is 3.29. The van der Waals surface area contributed by atoms with Crippen LogP contribution in [0.5, 0.6) is 0 Å². The van der Waals surface area contributed by atoms with E-state index in [-0.39, 0.29) is 16.2 Å². The third-order valence-electron chi connectivity index (χ3n) is 3.44. The van der Waals surface area contributed by atoms with E-state index in [0.29, 0.717) is 0 Å². The maximum atomic E-state index is 12.8. The van der Waals surface area contributed by atoms with Crippen LogP contribution >= 0.6 is 11.8 Å². The Kier molecular flexibility index (Phi) is 4.05. The van der Waals surface area contributed by atoms with Crippen molar-refractivity contribution >= 4 is 23.3 Å². The van der Waals surface area contributed by atoms with Crippen LogP contribution in [0, 0.1) is 0 Å². The fourth-order valence-electron chi connectivity index (χ4n) is 2.30. The van der Waals surface area contributed by atoms with Gasteiger partial charge in [0.1, 0.15) is 5.82 Å². The van der Waals surface area contributed by atoms with Crippen LogP contribution in [0.15, 0.2) is 23.5 Å². The summed E-state index contributed by atoms with van der Waals surface area (Å²) in [6.45, 7) is 2.72. The standard InChI is InChI=1S/C14H14F3N5S/c1-7(9-4-8-2-3-19-10(8)6-20-9)23-13-21-11(14(15,16)17)5-12(18)22-13/h4-7,19H,2-3H2,1H3,(H2,18,21,22). The summed E-state index contributed by atoms with van der Waals surface area (Å²) < 4.78 is 38.4. The lowest BCUT2D eigenvalue weighted by atomic mass is 10.1. The fraction of sp³-hybridized carbons (Fsp3) is 0.357. The molecule has 0 saturated heterocycles. The zero-order valence-corrected chi connectivity index (χ0v) is 13.0. The minimum Gasteiger partial charge on any atom is -0.384 e. The molecule has 5 nitrogen and oxygen atoms in total. The van der Waals surface area contributed by atoms with Crippen LogP contribution in [0.1, 0.15) is 29.1 Å². The van der Waals surface area contributed by atoms with Crippen LogP contribution in [0.2, 0.25) is 0 Å². The zero-order chi connectivity index (χ0) is 16.6. The van der Waals surface area contributed by atoms with Gasteiger partial charge in [0.15, 0.2) is 10.9 Å². The van der Waals surface area contributed by atoms with Crippen molar-refractivity contribution in [2.45, 2.75) is 29.9 Å². The number of rotatable bonds is 3. The summed E-state index contributed by atoms with van der Waals surface area (Å²) >= 11 is 1.10. The molecular formula is C14H14F3N5S. The van der Waals surface area contributed by atoms with E-state index in [2.05, 4.69) is 20.3 Å². The number of fused-ring (bicyclic) bond motifs is 1. The lowest BCUT2D eigenvalue weighted by Crippen LogP contribution is -2.11. The molecule has 1 aliphatic rings. The largest absolute Gasteiger partial charge is 0.433 e. The number of hydrogen-bond donors (Lipinski definition) is 2. The maximum Gasteiger partial charge on any atom is 0.433 e. The normalized spacial score (nSPS) is 15.1. The molecule has 0 aromatic carbocycles. The van der Waals surface area contributed by atoms with Crippen LogP contribution in [0.25, 0.3) is 0 Å². The third-order valence-corrected chi connectivity index (χ3v) is 4.42. The lowest BCUT2D eigenvalue weighted by Gasteiger charge is -2.13. The molecule has 23 heavy (non-hydrogen) atoms. The van der Waals surface area contributed by atoms with Gasteiger partial charge in [-0.15, -0.1) is 0 Å². The number of anilines is 2. The summed E-state index contributed by atoms with van der Waals surface area (Å²) in [5.74, 6) is -0.201. The molecule has 2 aromatic rings. The number of alkyl halides is 3. The van der Waals surface area contributed by atoms with Gasteiger partial charge in [0.2, 0.25) is 0 Å². The maximum absolute atomic E-state index is 12.8. The van der Waals surface area contributed by atoms with Gasteiger partial charge in [-0.1, -0.05) is 11.8 Å². The molecule has 122 valence electrons. The first-order valence-electron chi connectivity index (χ1n) is 6.94. The molecule has 0 spiro atoms. The molecular weight excluding hydrogens is 327 g/mol. The lowest BCUT2D eigenvalue weighted by molar-refractivity contribution is -0.141. The van der Waals surface area contributed by atoms with Crippen molar-refractivity contribution < 1.29 is 13.2 Å². The van der Waals surface area contributed by atoms with E-state index in [0.717, 1.165) is 47.7 Å². The number of nitrogens with one attached hydrogen (secondary N) is 1. The molecule has 0 radical (unpaired) electrons. The monoisotopic (exact) mass is 341 g/mol. The minimum atomic E-state index is -4.55. The van der Waals surface area contributed by atoms with Gasteiger partial charge >= 0.3 is 6.18 Å². The first-order chi connectivity index (χ1) is 10.8. The van der Waals surface area contributed by atoms with Crippen molar-refractivity contribution in [2.24, 2.45) is 0 Å². The number of nitrogen functional groups attached to an aromatic ring is 1. The topological polar surface area (TPSA) is 76.7 Å². The second-order valence-electron chi connectivity index (χ2n) is 5.16. The van der Waals surface area contributed by atoms with E-state index < -0.39 is 11.9 Å². The summed E-state index contributed by atoms with van der Waals surface area (Å²) in [6.07, 6.45) is -1.89. The van der Waals surface area contributed by atoms with Crippen molar-refractivity contribution in [3.8, 4) is 0 Å². The zero-order valence-electron chi connectivity index (χ0n) is 12.2. The number of thioether (sulfide) groups is 1. The molecule has 2 aromatic heterocycles. The Morgan fingerprint density at radius 2 is 2.09 bits per heavy atom. The Morgan fingerprint density at radius 1 is 1.30 bits per heavy atom. The molecule has 0 saturated carbocycles. The average Bonchev–Trinajstić information content (AvgIpc) is 2.93. The Bertz CT molecular complexity index is 735. The molecule has 1 atom stereocenters. The fourth-order valence-corrected chi connectivity index (χ4v) is 3.17. The van der Waals surface area contributed by atoms with Gasteiger partial charge in [-0.25, -0.2) is 9.97 Å². The summed E-state index contributed by atoms with van der Waals surface area (Å²) in [4.78, 5) is 11.8. The van der Waals surface area contributed by atoms with E-state index in [9.17, 15) is 13.2 Å². The Hall–Kier alpha value is -2.03. The molecule has 0 aliphatic carbocycles. The molecule has 0 amide bonds. The highest BCUT2D eigenvalue weighted by atomic mass is 32.2. The number of nitrogens with zero attached hydrogens (tertiary/aromatic N) is 3. The van der Waals surface area contributed by atoms with Gasteiger partial charge in [-0.05, 0) is 25.0 Å². The SMILES string of the molecule is CC(Sc1nc(N)cc(C(F)(F)F)n1)c1cc2c(cn1)NCC2. The molecule has 3 heterocycles. The molecule has 3 rings (SSSR count). The van der Waals surface area contributed by atoms with Crippen LogP contribution in [-0.4, -0.2) is 21.5 Å². The van der Waals surface area contributed by atoms with Crippen molar-refractivity contribution in [3.05, 3.63) is 35.3 Å². The van der Waals surface area contributed by atoms with Crippen LogP contribution in [0.3, 0.4) is 0 Å². The molecule has 1 unspecified atom stereocenters. The van der Waals surface area contributed by atoms with Crippen molar-refractivity contribution in [2.75, 3.05) is 17.6 Å². The van der Waals surface area contributed by atoms with Gasteiger partial charge in [-0.2, -0.15) is 13.2 Å². The van der Waals surface area contributed by atoms with Gasteiger partial charge < -0.3 is 11.1 Å². The molecule has 3 N–H and O–H groups in total. The minimum absolute atomic E-state index is 0.00903. The summed E-state index contributed by atoms with van der Waals surface area (Å²) in [5.41, 5.74) is 7.36. The van der Waals surface area contributed by atoms with E-state index in [1.54, 1.807) is 6.20 Å². The van der Waals surface area contributed by atoms with Crippen LogP contribution in [0.4, 0.5) is 24.7 Å². The number of pyridine rings is 1. The van der Waals surface area contributed by atoms with Gasteiger partial charge in [0.25, 0.3) is 0 Å². The van der Waals surface area contributed by atoms with Crippen LogP contribution < -0.4 is 11.1 Å². The van der Waals surface area contributed by atoms with E-state index in [1.165, 1.54) is 0 Å². The first-order valence-corrected chi connectivity index (χ1v) is 7.82. The summed E-state index contributed by atoms with van der Waals surface area (Å²) in [7, 11) is 0. The third kappa shape index (κ3) is 3.49. The first kappa shape index (κ1) is 15.9. The van der Waals surface area contributed by atoms with Gasteiger partial charge in [-0.3, -0.25) is 4.98 Å². The van der Waals surface area contributed by atoms with Crippen LogP contribution in [-0.2, 0) is 12.6 Å². The molecule has 0 bridgehead atoms. The predicted molar refractivity (Wildman–Crippen MR) is 82.1 cm³/mol. The molecule has 1 aliphatic heterocycles. The Morgan fingerprint density at radius 3 is 2.83 bits per heavy atom. The smallest absolute Gasteiger partial charge is 0.384 e. The second-order valence-corrected chi connectivity index (χ2v) is 6.47. The average molecular weight is 341 g/mol. The quantitative estimate of drug-likeness (QED) is 0.659. The summed E-state index contributed by atoms with van der Waals surface area (Å²) in [6, 6.07) is 2.69. The molecule has 9 heteroatoms. The van der Waals surface area contributed by atoms with Crippen molar-refractivity contribution in [1.29, 1.82) is 0 Å². The highest BCUT2D eigenvalue weighted by Gasteiger charge is 2.33. The van der Waals surface area contributed by atoms with E-state index >= 15 is 0 Å². The number of nitrogens with two attached hydrogens (primary N) is 1. The van der Waals surface area contributed by atoms with E-state index in [4.69, 9.17) is 5.73 Å².